The normalized spacial score (nSPS) is 9.80. The van der Waals surface area contributed by atoms with E-state index in [1.165, 1.54) is 18.3 Å². The van der Waals surface area contributed by atoms with Gasteiger partial charge in [-0.15, -0.1) is 0 Å². The zero-order valence-corrected chi connectivity index (χ0v) is 10.2. The number of aromatic nitrogens is 1. The van der Waals surface area contributed by atoms with E-state index in [-0.39, 0.29) is 29.5 Å². The van der Waals surface area contributed by atoms with Gasteiger partial charge >= 0.3 is 5.69 Å². The van der Waals surface area contributed by atoms with Gasteiger partial charge in [-0.2, -0.15) is 5.26 Å². The number of ether oxygens (including phenoxy) is 1. The SMILES string of the molecule is N#Cc1ccc(Oc2ncccc2CO)c([N+](=O)[O-])c1. The van der Waals surface area contributed by atoms with Crippen molar-refractivity contribution in [1.82, 2.24) is 4.98 Å². The average molecular weight is 271 g/mol. The number of pyridine rings is 1. The van der Waals surface area contributed by atoms with Crippen molar-refractivity contribution >= 4 is 5.69 Å². The second kappa shape index (κ2) is 5.77. The lowest BCUT2D eigenvalue weighted by Crippen LogP contribution is -1.98. The van der Waals surface area contributed by atoms with Crippen LogP contribution in [0.2, 0.25) is 0 Å². The summed E-state index contributed by atoms with van der Waals surface area (Å²) < 4.78 is 5.37. The van der Waals surface area contributed by atoms with Gasteiger partial charge in [0.1, 0.15) is 0 Å². The number of hydrogen-bond acceptors (Lipinski definition) is 6. The molecule has 100 valence electrons. The largest absolute Gasteiger partial charge is 0.431 e. The molecule has 2 rings (SSSR count). The summed E-state index contributed by atoms with van der Waals surface area (Å²) in [6, 6.07) is 8.89. The number of nitriles is 1. The first-order valence-corrected chi connectivity index (χ1v) is 5.57. The van der Waals surface area contributed by atoms with Crippen LogP contribution in [0.3, 0.4) is 0 Å². The maximum atomic E-state index is 11.0. The first-order chi connectivity index (χ1) is 9.65. The summed E-state index contributed by atoms with van der Waals surface area (Å²) in [5.74, 6) is 0.0465. The van der Waals surface area contributed by atoms with Gasteiger partial charge in [-0.1, -0.05) is 0 Å². The minimum absolute atomic E-state index is 0.0394. The molecule has 0 saturated heterocycles. The summed E-state index contributed by atoms with van der Waals surface area (Å²) in [5.41, 5.74) is 0.234. The lowest BCUT2D eigenvalue weighted by Gasteiger charge is -2.08. The highest BCUT2D eigenvalue weighted by Gasteiger charge is 2.18. The molecule has 0 unspecified atom stereocenters. The third-order valence-corrected chi connectivity index (χ3v) is 2.51. The fourth-order valence-corrected chi connectivity index (χ4v) is 1.56. The van der Waals surface area contributed by atoms with Crippen molar-refractivity contribution in [3.63, 3.8) is 0 Å². The number of aliphatic hydroxyl groups excluding tert-OH is 1. The molecule has 2 aromatic rings. The summed E-state index contributed by atoms with van der Waals surface area (Å²) in [4.78, 5) is 14.3. The summed E-state index contributed by atoms with van der Waals surface area (Å²) in [7, 11) is 0. The number of nitro benzene ring substituents is 1. The molecule has 0 aliphatic carbocycles. The Morgan fingerprint density at radius 1 is 1.45 bits per heavy atom. The topological polar surface area (TPSA) is 109 Å². The van der Waals surface area contributed by atoms with Gasteiger partial charge < -0.3 is 9.84 Å². The second-order valence-corrected chi connectivity index (χ2v) is 3.78. The third kappa shape index (κ3) is 2.71. The second-order valence-electron chi connectivity index (χ2n) is 3.78. The van der Waals surface area contributed by atoms with E-state index in [9.17, 15) is 10.1 Å². The third-order valence-electron chi connectivity index (χ3n) is 2.51. The predicted molar refractivity (Wildman–Crippen MR) is 68.0 cm³/mol. The Labute approximate surface area is 113 Å². The van der Waals surface area contributed by atoms with Crippen molar-refractivity contribution in [2.24, 2.45) is 0 Å². The molecule has 7 nitrogen and oxygen atoms in total. The number of nitro groups is 1. The quantitative estimate of drug-likeness (QED) is 0.673. The van der Waals surface area contributed by atoms with Crippen LogP contribution in [-0.2, 0) is 6.61 Å². The molecule has 20 heavy (non-hydrogen) atoms. The van der Waals surface area contributed by atoms with Gasteiger partial charge in [0.25, 0.3) is 0 Å². The minimum Gasteiger partial charge on any atom is -0.431 e. The van der Waals surface area contributed by atoms with Gasteiger partial charge in [-0.05, 0) is 24.3 Å². The molecule has 0 atom stereocenters. The Morgan fingerprint density at radius 2 is 2.25 bits per heavy atom. The van der Waals surface area contributed by atoms with Crippen LogP contribution in [0.25, 0.3) is 0 Å². The molecule has 1 aromatic carbocycles. The van der Waals surface area contributed by atoms with Crippen LogP contribution >= 0.6 is 0 Å². The van der Waals surface area contributed by atoms with Gasteiger partial charge in [-0.25, -0.2) is 4.98 Å². The van der Waals surface area contributed by atoms with Crippen LogP contribution in [-0.4, -0.2) is 15.0 Å². The minimum atomic E-state index is -0.641. The zero-order valence-electron chi connectivity index (χ0n) is 10.2. The van der Waals surface area contributed by atoms with Crippen LogP contribution in [0.4, 0.5) is 5.69 Å². The van der Waals surface area contributed by atoms with Crippen molar-refractivity contribution in [2.45, 2.75) is 6.61 Å². The van der Waals surface area contributed by atoms with E-state index >= 15 is 0 Å². The van der Waals surface area contributed by atoms with Crippen LogP contribution in [0.15, 0.2) is 36.5 Å². The van der Waals surface area contributed by atoms with Gasteiger partial charge in [-0.3, -0.25) is 10.1 Å². The molecule has 0 fully saturated rings. The number of benzene rings is 1. The molecule has 0 bridgehead atoms. The maximum absolute atomic E-state index is 11.0. The first kappa shape index (κ1) is 13.5. The highest BCUT2D eigenvalue weighted by Crippen LogP contribution is 2.32. The smallest absolute Gasteiger partial charge is 0.312 e. The molecule has 0 aliphatic heterocycles. The first-order valence-electron chi connectivity index (χ1n) is 5.57. The molecule has 1 aromatic heterocycles. The van der Waals surface area contributed by atoms with Crippen molar-refractivity contribution in [3.8, 4) is 17.7 Å². The molecule has 7 heteroatoms. The fraction of sp³-hybridized carbons (Fsp3) is 0.0769. The maximum Gasteiger partial charge on any atom is 0.312 e. The van der Waals surface area contributed by atoms with E-state index in [4.69, 9.17) is 15.1 Å². The summed E-state index contributed by atoms with van der Waals surface area (Å²) in [6.07, 6.45) is 1.45. The van der Waals surface area contributed by atoms with E-state index in [2.05, 4.69) is 4.98 Å². The van der Waals surface area contributed by atoms with E-state index in [1.807, 2.05) is 6.07 Å². The highest BCUT2D eigenvalue weighted by molar-refractivity contribution is 5.53. The van der Waals surface area contributed by atoms with E-state index in [1.54, 1.807) is 12.1 Å². The molecule has 1 heterocycles. The van der Waals surface area contributed by atoms with Crippen LogP contribution in [0.1, 0.15) is 11.1 Å². The van der Waals surface area contributed by atoms with Gasteiger partial charge in [0.05, 0.1) is 23.2 Å². The van der Waals surface area contributed by atoms with Gasteiger partial charge in [0.15, 0.2) is 0 Å². The molecular formula is C13H9N3O4. The average Bonchev–Trinajstić information content (AvgIpc) is 2.48. The number of rotatable bonds is 4. The molecule has 0 radical (unpaired) electrons. The lowest BCUT2D eigenvalue weighted by atomic mass is 10.2. The standard InChI is InChI=1S/C13H9N3O4/c14-7-9-3-4-12(11(6-9)16(18)19)20-13-10(8-17)2-1-5-15-13/h1-6,17H,8H2. The molecular weight excluding hydrogens is 262 g/mol. The molecule has 0 spiro atoms. The Morgan fingerprint density at radius 3 is 2.90 bits per heavy atom. The van der Waals surface area contributed by atoms with Crippen molar-refractivity contribution < 1.29 is 14.8 Å². The molecule has 0 aliphatic rings. The Bertz CT molecular complexity index is 694. The van der Waals surface area contributed by atoms with Gasteiger partial charge in [0.2, 0.25) is 11.6 Å². The van der Waals surface area contributed by atoms with Crippen molar-refractivity contribution in [2.75, 3.05) is 0 Å². The van der Waals surface area contributed by atoms with Crippen LogP contribution in [0.5, 0.6) is 11.6 Å². The fourth-order valence-electron chi connectivity index (χ4n) is 1.56. The number of nitrogens with zero attached hydrogens (tertiary/aromatic N) is 3. The number of hydrogen-bond donors (Lipinski definition) is 1. The van der Waals surface area contributed by atoms with Crippen LogP contribution in [0, 0.1) is 21.4 Å². The Kier molecular flexibility index (Phi) is 3.88. The number of aliphatic hydroxyl groups is 1. The Hall–Kier alpha value is -2.98. The molecule has 1 N–H and O–H groups in total. The van der Waals surface area contributed by atoms with E-state index in [0.29, 0.717) is 5.56 Å². The zero-order chi connectivity index (χ0) is 14.5. The Balaban J connectivity index is 2.43. The van der Waals surface area contributed by atoms with E-state index in [0.717, 1.165) is 6.07 Å². The van der Waals surface area contributed by atoms with Crippen molar-refractivity contribution in [3.05, 3.63) is 57.8 Å². The monoisotopic (exact) mass is 271 g/mol. The van der Waals surface area contributed by atoms with Crippen LogP contribution < -0.4 is 4.74 Å². The van der Waals surface area contributed by atoms with Gasteiger partial charge in [0, 0.05) is 17.8 Å². The summed E-state index contributed by atoms with van der Waals surface area (Å²) in [5, 5.41) is 28.9. The van der Waals surface area contributed by atoms with E-state index < -0.39 is 4.92 Å². The molecule has 0 saturated carbocycles. The summed E-state index contributed by atoms with van der Waals surface area (Å²) >= 11 is 0. The molecule has 0 amide bonds. The highest BCUT2D eigenvalue weighted by atomic mass is 16.6. The van der Waals surface area contributed by atoms with Crippen molar-refractivity contribution in [1.29, 1.82) is 5.26 Å². The lowest BCUT2D eigenvalue weighted by molar-refractivity contribution is -0.385. The predicted octanol–water partition coefficient (Wildman–Crippen LogP) is 2.15. The summed E-state index contributed by atoms with van der Waals surface area (Å²) in [6.45, 7) is -0.298.